The molecule has 0 aliphatic heterocycles. The van der Waals surface area contributed by atoms with Crippen molar-refractivity contribution < 1.29 is 4.79 Å². The van der Waals surface area contributed by atoms with Crippen LogP contribution in [0.5, 0.6) is 0 Å². The van der Waals surface area contributed by atoms with Crippen LogP contribution in [0.25, 0.3) is 21.9 Å². The number of rotatable bonds is 7. The molecule has 0 spiro atoms. The van der Waals surface area contributed by atoms with Crippen LogP contribution in [0, 0.1) is 0 Å². The fourth-order valence-corrected chi connectivity index (χ4v) is 5.35. The molecule has 2 N–H and O–H groups in total. The molecule has 0 aromatic heterocycles. The van der Waals surface area contributed by atoms with E-state index in [9.17, 15) is 4.79 Å². The Bertz CT molecular complexity index is 1540. The van der Waals surface area contributed by atoms with E-state index < -0.39 is 0 Å². The molecule has 0 unspecified atom stereocenters. The van der Waals surface area contributed by atoms with Gasteiger partial charge in [0.15, 0.2) is 5.78 Å². The molecule has 5 aromatic rings. The first-order chi connectivity index (χ1) is 17.6. The summed E-state index contributed by atoms with van der Waals surface area (Å²) >= 11 is 0. The van der Waals surface area contributed by atoms with Gasteiger partial charge in [-0.1, -0.05) is 115 Å². The monoisotopic (exact) mass is 467 g/mol. The summed E-state index contributed by atoms with van der Waals surface area (Å²) in [6.07, 6.45) is 2.26. The third kappa shape index (κ3) is 4.60. The van der Waals surface area contributed by atoms with Gasteiger partial charge in [-0.25, -0.2) is 0 Å². The van der Waals surface area contributed by atoms with Crippen molar-refractivity contribution in [3.05, 3.63) is 144 Å². The highest BCUT2D eigenvalue weighted by molar-refractivity contribution is 5.98. The molecule has 0 saturated heterocycles. The van der Waals surface area contributed by atoms with Gasteiger partial charge in [0.25, 0.3) is 0 Å². The van der Waals surface area contributed by atoms with Crippen LogP contribution in [0.4, 0.5) is 0 Å². The van der Waals surface area contributed by atoms with E-state index in [4.69, 9.17) is 5.73 Å². The molecule has 176 valence electrons. The van der Waals surface area contributed by atoms with Crippen LogP contribution in [-0.2, 0) is 12.8 Å². The molecule has 1 aliphatic rings. The number of carbonyl (C=O) groups excluding carboxylic acids is 1. The molecule has 0 heterocycles. The van der Waals surface area contributed by atoms with Gasteiger partial charge in [0.2, 0.25) is 0 Å². The van der Waals surface area contributed by atoms with Gasteiger partial charge < -0.3 is 5.73 Å². The number of carbonyl (C=O) groups is 1. The van der Waals surface area contributed by atoms with E-state index in [0.29, 0.717) is 12.3 Å². The lowest BCUT2D eigenvalue weighted by Gasteiger charge is -2.13. The van der Waals surface area contributed by atoms with Crippen molar-refractivity contribution in [2.45, 2.75) is 30.7 Å². The summed E-state index contributed by atoms with van der Waals surface area (Å²) in [5.41, 5.74) is 13.1. The predicted octanol–water partition coefficient (Wildman–Crippen LogP) is 7.36. The Morgan fingerprint density at radius 1 is 0.694 bits per heavy atom. The highest BCUT2D eigenvalue weighted by atomic mass is 16.1. The summed E-state index contributed by atoms with van der Waals surface area (Å²) in [4.78, 5) is 13.0. The highest BCUT2D eigenvalue weighted by Crippen LogP contribution is 2.51. The summed E-state index contributed by atoms with van der Waals surface area (Å²) < 4.78 is 0. The molecule has 0 bridgehead atoms. The van der Waals surface area contributed by atoms with Crippen LogP contribution in [0.2, 0.25) is 0 Å². The summed E-state index contributed by atoms with van der Waals surface area (Å²) in [5, 5.41) is 2.52. The summed E-state index contributed by atoms with van der Waals surface area (Å²) in [7, 11) is 0. The average Bonchev–Trinajstić information content (AvgIpc) is 3.59. The maximum Gasteiger partial charge on any atom is 0.167 e. The van der Waals surface area contributed by atoms with Crippen molar-refractivity contribution in [1.82, 2.24) is 0 Å². The van der Waals surface area contributed by atoms with Crippen LogP contribution in [0.15, 0.2) is 121 Å². The maximum absolute atomic E-state index is 13.0. The minimum atomic E-state index is -0.197. The fourth-order valence-electron chi connectivity index (χ4n) is 5.35. The topological polar surface area (TPSA) is 43.1 Å². The number of fused-ring (bicyclic) bond motifs is 1. The summed E-state index contributed by atoms with van der Waals surface area (Å²) in [6.45, 7) is 0. The van der Waals surface area contributed by atoms with Crippen molar-refractivity contribution >= 4 is 16.6 Å². The standard InChI is InChI=1S/C34H29NO/c35-34(22-25-15-16-27-9-4-5-10-29(27)19-25)23-32(34)28-17-13-24(14-18-28)20-33(36)31-12-6-11-30(21-31)26-7-2-1-3-8-26/h1-19,21,32H,20,22-23,35H2/t32-,34+/m0/s1. The number of nitrogens with two attached hydrogens (primary N) is 1. The van der Waals surface area contributed by atoms with Crippen LogP contribution >= 0.6 is 0 Å². The summed E-state index contributed by atoms with van der Waals surface area (Å²) in [6, 6.07) is 41.7. The van der Waals surface area contributed by atoms with Gasteiger partial charge in [-0.2, -0.15) is 0 Å². The second-order valence-electron chi connectivity index (χ2n) is 10.1. The third-order valence-corrected chi connectivity index (χ3v) is 7.50. The molecule has 2 atom stereocenters. The Morgan fingerprint density at radius 3 is 2.19 bits per heavy atom. The van der Waals surface area contributed by atoms with Crippen molar-refractivity contribution in [2.24, 2.45) is 5.73 Å². The molecule has 1 saturated carbocycles. The first-order valence-corrected chi connectivity index (χ1v) is 12.6. The van der Waals surface area contributed by atoms with Gasteiger partial charge in [-0.3, -0.25) is 4.79 Å². The Labute approximate surface area is 212 Å². The number of Topliss-reactive ketones (excluding diaryl/α,β-unsaturated/α-hetero) is 1. The lowest BCUT2D eigenvalue weighted by Crippen LogP contribution is -2.27. The predicted molar refractivity (Wildman–Crippen MR) is 148 cm³/mol. The zero-order valence-corrected chi connectivity index (χ0v) is 20.2. The van der Waals surface area contributed by atoms with Crippen LogP contribution in [0.1, 0.15) is 39.4 Å². The maximum atomic E-state index is 13.0. The van der Waals surface area contributed by atoms with Crippen LogP contribution in [-0.4, -0.2) is 11.3 Å². The molecule has 6 rings (SSSR count). The number of benzene rings is 5. The number of hydrogen-bond donors (Lipinski definition) is 1. The number of ketones is 1. The van der Waals surface area contributed by atoms with E-state index in [2.05, 4.69) is 78.9 Å². The Kier molecular flexibility index (Phi) is 5.75. The Balaban J connectivity index is 1.11. The zero-order valence-electron chi connectivity index (χ0n) is 20.2. The Morgan fingerprint density at radius 2 is 1.39 bits per heavy atom. The van der Waals surface area contributed by atoms with Crippen molar-refractivity contribution in [3.8, 4) is 11.1 Å². The molecule has 36 heavy (non-hydrogen) atoms. The van der Waals surface area contributed by atoms with Gasteiger partial charge in [-0.05, 0) is 57.5 Å². The molecule has 1 aliphatic carbocycles. The van der Waals surface area contributed by atoms with Gasteiger partial charge in [0.05, 0.1) is 0 Å². The molecule has 2 heteroatoms. The van der Waals surface area contributed by atoms with E-state index in [1.54, 1.807) is 0 Å². The van der Waals surface area contributed by atoms with Crippen molar-refractivity contribution in [1.29, 1.82) is 0 Å². The molecular weight excluding hydrogens is 438 g/mol. The van der Waals surface area contributed by atoms with Crippen LogP contribution in [0.3, 0.4) is 0 Å². The van der Waals surface area contributed by atoms with Gasteiger partial charge in [0.1, 0.15) is 0 Å². The first-order valence-electron chi connectivity index (χ1n) is 12.6. The molecule has 1 fully saturated rings. The quantitative estimate of drug-likeness (QED) is 0.254. The highest BCUT2D eigenvalue weighted by Gasteiger charge is 2.51. The first kappa shape index (κ1) is 22.5. The van der Waals surface area contributed by atoms with Crippen LogP contribution < -0.4 is 5.73 Å². The molecular formula is C34H29NO. The van der Waals surface area contributed by atoms with Gasteiger partial charge >= 0.3 is 0 Å². The molecule has 0 radical (unpaired) electrons. The second-order valence-corrected chi connectivity index (χ2v) is 10.1. The van der Waals surface area contributed by atoms with Crippen molar-refractivity contribution in [3.63, 3.8) is 0 Å². The minimum Gasteiger partial charge on any atom is -0.324 e. The van der Waals surface area contributed by atoms with E-state index in [1.165, 1.54) is 21.9 Å². The fraction of sp³-hybridized carbons (Fsp3) is 0.147. The smallest absolute Gasteiger partial charge is 0.167 e. The third-order valence-electron chi connectivity index (χ3n) is 7.50. The zero-order chi connectivity index (χ0) is 24.5. The second kappa shape index (κ2) is 9.22. The lowest BCUT2D eigenvalue weighted by atomic mass is 9.95. The average molecular weight is 468 g/mol. The summed E-state index contributed by atoms with van der Waals surface area (Å²) in [5.74, 6) is 0.493. The molecule has 0 amide bonds. The van der Waals surface area contributed by atoms with Gasteiger partial charge in [-0.15, -0.1) is 0 Å². The lowest BCUT2D eigenvalue weighted by molar-refractivity contribution is 0.0993. The van der Waals surface area contributed by atoms with E-state index in [0.717, 1.165) is 35.1 Å². The minimum absolute atomic E-state index is 0.136. The van der Waals surface area contributed by atoms with E-state index in [1.807, 2.05) is 42.5 Å². The van der Waals surface area contributed by atoms with E-state index >= 15 is 0 Å². The van der Waals surface area contributed by atoms with Gasteiger partial charge in [0, 0.05) is 23.4 Å². The largest absolute Gasteiger partial charge is 0.324 e. The molecule has 5 aromatic carbocycles. The van der Waals surface area contributed by atoms with E-state index in [-0.39, 0.29) is 11.3 Å². The Hall–Kier alpha value is -4.01. The SMILES string of the molecule is N[C@]1(Cc2ccc3ccccc3c2)C[C@H]1c1ccc(CC(=O)c2cccc(-c3ccccc3)c2)cc1. The normalized spacial score (nSPS) is 18.8. The number of hydrogen-bond acceptors (Lipinski definition) is 2. The van der Waals surface area contributed by atoms with Crippen molar-refractivity contribution in [2.75, 3.05) is 0 Å². The molecule has 2 nitrogen and oxygen atoms in total.